The Labute approximate surface area is 92.7 Å². The van der Waals surface area contributed by atoms with Crippen LogP contribution in [0.3, 0.4) is 0 Å². The lowest BCUT2D eigenvalue weighted by Crippen LogP contribution is -2.06. The third kappa shape index (κ3) is 3.06. The number of aromatic nitrogens is 2. The lowest BCUT2D eigenvalue weighted by molar-refractivity contribution is 0.550. The van der Waals surface area contributed by atoms with Gasteiger partial charge in [0.25, 0.3) is 0 Å². The Bertz CT molecular complexity index is 274. The maximum atomic E-state index is 5.51. The van der Waals surface area contributed by atoms with Crippen molar-refractivity contribution in [1.29, 1.82) is 0 Å². The van der Waals surface area contributed by atoms with Gasteiger partial charge in [0.05, 0.1) is 5.69 Å². The molecule has 0 aromatic carbocycles. The molecule has 1 heterocycles. The molecule has 0 aliphatic heterocycles. The van der Waals surface area contributed by atoms with E-state index in [1.807, 2.05) is 0 Å². The summed E-state index contributed by atoms with van der Waals surface area (Å²) in [4.78, 5) is 4.68. The Morgan fingerprint density at radius 3 is 2.40 bits per heavy atom. The molecule has 2 N–H and O–H groups in total. The van der Waals surface area contributed by atoms with Gasteiger partial charge in [-0.1, -0.05) is 13.8 Å². The normalized spacial score (nSPS) is 11.7. The maximum Gasteiger partial charge on any atom is 0.111 e. The highest BCUT2D eigenvalue weighted by Crippen LogP contribution is 2.19. The third-order valence-corrected chi connectivity index (χ3v) is 2.52. The van der Waals surface area contributed by atoms with Crippen LogP contribution in [-0.4, -0.2) is 16.1 Å². The van der Waals surface area contributed by atoms with E-state index in [0.717, 1.165) is 19.4 Å². The number of nitrogens with zero attached hydrogens (tertiary/aromatic N) is 2. The molecule has 0 spiro atoms. The zero-order chi connectivity index (χ0) is 11.4. The van der Waals surface area contributed by atoms with Gasteiger partial charge in [-0.3, -0.25) is 0 Å². The molecule has 0 unspecified atom stereocenters. The summed E-state index contributed by atoms with van der Waals surface area (Å²) in [5.41, 5.74) is 6.68. The lowest BCUT2D eigenvalue weighted by atomic mass is 10.2. The van der Waals surface area contributed by atoms with E-state index in [1.165, 1.54) is 11.5 Å². The minimum atomic E-state index is 0.485. The van der Waals surface area contributed by atoms with Gasteiger partial charge in [-0.2, -0.15) is 0 Å². The molecule has 0 aliphatic rings. The van der Waals surface area contributed by atoms with Crippen LogP contribution in [0.5, 0.6) is 0 Å². The number of imidazole rings is 1. The van der Waals surface area contributed by atoms with E-state index in [4.69, 9.17) is 5.73 Å². The van der Waals surface area contributed by atoms with Crippen molar-refractivity contribution < 1.29 is 0 Å². The first kappa shape index (κ1) is 12.2. The average molecular weight is 209 g/mol. The molecular formula is C12H23N3. The molecule has 1 rings (SSSR count). The van der Waals surface area contributed by atoms with Gasteiger partial charge in [0.2, 0.25) is 0 Å². The Morgan fingerprint density at radius 2 is 2.00 bits per heavy atom. The lowest BCUT2D eigenvalue weighted by Gasteiger charge is -2.13. The van der Waals surface area contributed by atoms with Crippen molar-refractivity contribution in [3.05, 3.63) is 17.7 Å². The van der Waals surface area contributed by atoms with E-state index in [-0.39, 0.29) is 0 Å². The molecule has 0 saturated carbocycles. The summed E-state index contributed by atoms with van der Waals surface area (Å²) in [6.07, 6.45) is 4.19. The van der Waals surface area contributed by atoms with Crippen LogP contribution in [0.2, 0.25) is 0 Å². The second-order valence-corrected chi connectivity index (χ2v) is 4.64. The quantitative estimate of drug-likeness (QED) is 0.809. The molecule has 3 nitrogen and oxygen atoms in total. The molecule has 0 aliphatic carbocycles. The summed E-state index contributed by atoms with van der Waals surface area (Å²) in [5.74, 6) is 1.68. The van der Waals surface area contributed by atoms with Crippen LogP contribution in [-0.2, 0) is 6.42 Å². The number of aryl methyl sites for hydroxylation is 1. The molecule has 0 saturated heterocycles. The molecule has 0 amide bonds. The van der Waals surface area contributed by atoms with E-state index < -0.39 is 0 Å². The second kappa shape index (κ2) is 5.31. The Balaban J connectivity index is 2.88. The van der Waals surface area contributed by atoms with Gasteiger partial charge in [0.15, 0.2) is 0 Å². The molecule has 3 heteroatoms. The van der Waals surface area contributed by atoms with Crippen LogP contribution in [0, 0.1) is 0 Å². The molecule has 0 bridgehead atoms. The van der Waals surface area contributed by atoms with Gasteiger partial charge < -0.3 is 10.3 Å². The van der Waals surface area contributed by atoms with Crippen molar-refractivity contribution >= 4 is 0 Å². The summed E-state index contributed by atoms with van der Waals surface area (Å²) in [7, 11) is 0. The largest absolute Gasteiger partial charge is 0.332 e. The van der Waals surface area contributed by atoms with Crippen molar-refractivity contribution in [2.24, 2.45) is 5.73 Å². The third-order valence-electron chi connectivity index (χ3n) is 2.52. The standard InChI is InChI=1S/C12H23N3/c1-9(2)12-14-11(6-5-7-13)8-15(12)10(3)4/h8-10H,5-7,13H2,1-4H3. The number of nitrogens with two attached hydrogens (primary N) is 1. The van der Waals surface area contributed by atoms with Gasteiger partial charge in [-0.25, -0.2) is 4.98 Å². The molecule has 86 valence electrons. The van der Waals surface area contributed by atoms with Crippen LogP contribution in [0.4, 0.5) is 0 Å². The summed E-state index contributed by atoms with van der Waals surface area (Å²) in [6, 6.07) is 0.488. The highest BCUT2D eigenvalue weighted by Gasteiger charge is 2.12. The molecule has 0 fully saturated rings. The predicted octanol–water partition coefficient (Wildman–Crippen LogP) is 2.48. The van der Waals surface area contributed by atoms with Crippen LogP contribution in [0.1, 0.15) is 57.6 Å². The number of hydrogen-bond donors (Lipinski definition) is 1. The summed E-state index contributed by atoms with van der Waals surface area (Å²) in [5, 5.41) is 0. The monoisotopic (exact) mass is 209 g/mol. The van der Waals surface area contributed by atoms with Crippen LogP contribution in [0.25, 0.3) is 0 Å². The van der Waals surface area contributed by atoms with Crippen molar-refractivity contribution in [2.45, 2.75) is 52.5 Å². The smallest absolute Gasteiger partial charge is 0.111 e. The second-order valence-electron chi connectivity index (χ2n) is 4.64. The van der Waals surface area contributed by atoms with E-state index >= 15 is 0 Å². The van der Waals surface area contributed by atoms with Crippen molar-refractivity contribution in [1.82, 2.24) is 9.55 Å². The van der Waals surface area contributed by atoms with Gasteiger partial charge in [-0.15, -0.1) is 0 Å². The van der Waals surface area contributed by atoms with Crippen molar-refractivity contribution in [3.8, 4) is 0 Å². The zero-order valence-corrected chi connectivity index (χ0v) is 10.3. The zero-order valence-electron chi connectivity index (χ0n) is 10.3. The van der Waals surface area contributed by atoms with Crippen molar-refractivity contribution in [2.75, 3.05) is 6.54 Å². The topological polar surface area (TPSA) is 43.8 Å². The summed E-state index contributed by atoms with van der Waals surface area (Å²) in [6.45, 7) is 9.51. The molecule has 0 atom stereocenters. The van der Waals surface area contributed by atoms with E-state index in [0.29, 0.717) is 12.0 Å². The van der Waals surface area contributed by atoms with E-state index in [2.05, 4.69) is 43.4 Å². The molecule has 1 aromatic rings. The molecular weight excluding hydrogens is 186 g/mol. The van der Waals surface area contributed by atoms with Crippen LogP contribution < -0.4 is 5.73 Å². The SMILES string of the molecule is CC(C)c1nc(CCCN)cn1C(C)C. The number of hydrogen-bond acceptors (Lipinski definition) is 2. The van der Waals surface area contributed by atoms with Crippen LogP contribution >= 0.6 is 0 Å². The van der Waals surface area contributed by atoms with Gasteiger partial charge in [-0.05, 0) is 33.2 Å². The maximum absolute atomic E-state index is 5.51. The van der Waals surface area contributed by atoms with Gasteiger partial charge in [0.1, 0.15) is 5.82 Å². The van der Waals surface area contributed by atoms with Gasteiger partial charge in [0, 0.05) is 18.2 Å². The van der Waals surface area contributed by atoms with Crippen molar-refractivity contribution in [3.63, 3.8) is 0 Å². The summed E-state index contributed by atoms with van der Waals surface area (Å²) < 4.78 is 2.27. The molecule has 1 aromatic heterocycles. The predicted molar refractivity (Wildman–Crippen MR) is 64.1 cm³/mol. The fourth-order valence-corrected chi connectivity index (χ4v) is 1.70. The first-order valence-electron chi connectivity index (χ1n) is 5.84. The fraction of sp³-hybridized carbons (Fsp3) is 0.750. The highest BCUT2D eigenvalue weighted by molar-refractivity contribution is 5.08. The fourth-order valence-electron chi connectivity index (χ4n) is 1.70. The Morgan fingerprint density at radius 1 is 1.33 bits per heavy atom. The number of rotatable bonds is 5. The van der Waals surface area contributed by atoms with E-state index in [9.17, 15) is 0 Å². The first-order valence-corrected chi connectivity index (χ1v) is 5.84. The van der Waals surface area contributed by atoms with Gasteiger partial charge >= 0.3 is 0 Å². The minimum absolute atomic E-state index is 0.485. The first-order chi connectivity index (χ1) is 7.06. The van der Waals surface area contributed by atoms with E-state index in [1.54, 1.807) is 0 Å². The average Bonchev–Trinajstić information content (AvgIpc) is 2.58. The minimum Gasteiger partial charge on any atom is -0.332 e. The summed E-state index contributed by atoms with van der Waals surface area (Å²) >= 11 is 0. The Kier molecular flexibility index (Phi) is 4.33. The highest BCUT2D eigenvalue weighted by atomic mass is 15.1. The molecule has 15 heavy (non-hydrogen) atoms. The Hall–Kier alpha value is -0.830. The molecule has 0 radical (unpaired) electrons. The van der Waals surface area contributed by atoms with Crippen LogP contribution in [0.15, 0.2) is 6.20 Å².